The second-order valence-corrected chi connectivity index (χ2v) is 2.70. The Kier molecular flexibility index (Phi) is 2.12. The highest BCUT2D eigenvalue weighted by atomic mass is 19.1. The maximum absolute atomic E-state index is 12.9. The number of nitrogen functional groups attached to an aromatic ring is 1. The van der Waals surface area contributed by atoms with Gasteiger partial charge in [-0.25, -0.2) is 9.37 Å². The van der Waals surface area contributed by atoms with Crippen LogP contribution in [0.1, 0.15) is 5.69 Å². The van der Waals surface area contributed by atoms with Crippen LogP contribution in [0.3, 0.4) is 0 Å². The van der Waals surface area contributed by atoms with Gasteiger partial charge < -0.3 is 10.6 Å². The maximum Gasteiger partial charge on any atom is 0.227 e. The van der Waals surface area contributed by atoms with Gasteiger partial charge in [0.15, 0.2) is 11.6 Å². The van der Waals surface area contributed by atoms with Crippen molar-refractivity contribution in [1.29, 1.82) is 0 Å². The molecule has 0 unspecified atom stereocenters. The largest absolute Gasteiger partial charge is 0.381 e. The number of anilines is 2. The summed E-state index contributed by atoms with van der Waals surface area (Å²) >= 11 is 0. The molecule has 0 aliphatic rings. The number of halogens is 1. The molecule has 0 saturated heterocycles. The van der Waals surface area contributed by atoms with Crippen LogP contribution < -0.4 is 10.6 Å². The van der Waals surface area contributed by atoms with Gasteiger partial charge in [0.2, 0.25) is 5.95 Å². The molecule has 4 nitrogen and oxygen atoms in total. The summed E-state index contributed by atoms with van der Waals surface area (Å²) in [5, 5.41) is 0. The second kappa shape index (κ2) is 2.92. The zero-order valence-electron chi connectivity index (χ0n) is 7.30. The van der Waals surface area contributed by atoms with Gasteiger partial charge in [0.05, 0.1) is 5.69 Å². The third kappa shape index (κ3) is 1.44. The van der Waals surface area contributed by atoms with E-state index in [0.717, 1.165) is 0 Å². The molecular formula is C7H11FN4. The fraction of sp³-hybridized carbons (Fsp3) is 0.429. The molecule has 0 saturated carbocycles. The van der Waals surface area contributed by atoms with E-state index in [-0.39, 0.29) is 11.5 Å². The lowest BCUT2D eigenvalue weighted by Crippen LogP contribution is -2.15. The third-order valence-electron chi connectivity index (χ3n) is 1.43. The van der Waals surface area contributed by atoms with Crippen molar-refractivity contribution in [2.24, 2.45) is 0 Å². The minimum Gasteiger partial charge on any atom is -0.381 e. The standard InChI is InChI=1S/C7H11FN4/c1-4-5(8)6(9)11-7(10-4)12(2)3/h1-3H3,(H2,9,10,11). The van der Waals surface area contributed by atoms with E-state index < -0.39 is 5.82 Å². The van der Waals surface area contributed by atoms with E-state index in [1.807, 2.05) is 0 Å². The number of rotatable bonds is 1. The van der Waals surface area contributed by atoms with E-state index in [9.17, 15) is 4.39 Å². The van der Waals surface area contributed by atoms with Gasteiger partial charge in [0.1, 0.15) is 0 Å². The van der Waals surface area contributed by atoms with Crippen LogP contribution in [0.2, 0.25) is 0 Å². The first-order valence-electron chi connectivity index (χ1n) is 3.49. The molecule has 1 aromatic heterocycles. The molecule has 66 valence electrons. The Hall–Kier alpha value is -1.39. The molecule has 0 aliphatic carbocycles. The summed E-state index contributed by atoms with van der Waals surface area (Å²) in [6.45, 7) is 1.56. The minimum absolute atomic E-state index is 0.105. The summed E-state index contributed by atoms with van der Waals surface area (Å²) in [4.78, 5) is 9.31. The van der Waals surface area contributed by atoms with Gasteiger partial charge >= 0.3 is 0 Å². The molecule has 5 heteroatoms. The fourth-order valence-corrected chi connectivity index (χ4v) is 0.766. The van der Waals surface area contributed by atoms with Crippen LogP contribution in [0.25, 0.3) is 0 Å². The van der Waals surface area contributed by atoms with Gasteiger partial charge in [-0.1, -0.05) is 0 Å². The molecule has 0 aromatic carbocycles. The van der Waals surface area contributed by atoms with Crippen LogP contribution in [-0.2, 0) is 0 Å². The third-order valence-corrected chi connectivity index (χ3v) is 1.43. The smallest absolute Gasteiger partial charge is 0.227 e. The van der Waals surface area contributed by atoms with E-state index in [0.29, 0.717) is 5.95 Å². The van der Waals surface area contributed by atoms with Crippen LogP contribution >= 0.6 is 0 Å². The first kappa shape index (κ1) is 8.70. The predicted octanol–water partition coefficient (Wildman–Crippen LogP) is 0.572. The first-order chi connectivity index (χ1) is 5.52. The highest BCUT2D eigenvalue weighted by molar-refractivity contribution is 5.40. The zero-order valence-corrected chi connectivity index (χ0v) is 7.30. The van der Waals surface area contributed by atoms with Gasteiger partial charge in [-0.2, -0.15) is 4.98 Å². The lowest BCUT2D eigenvalue weighted by atomic mass is 10.4. The Bertz CT molecular complexity index is 274. The molecule has 1 rings (SSSR count). The summed E-state index contributed by atoms with van der Waals surface area (Å²) in [5.41, 5.74) is 5.58. The van der Waals surface area contributed by atoms with Crippen molar-refractivity contribution in [1.82, 2.24) is 9.97 Å². The van der Waals surface area contributed by atoms with E-state index in [2.05, 4.69) is 9.97 Å². The van der Waals surface area contributed by atoms with Crippen molar-refractivity contribution in [2.45, 2.75) is 6.92 Å². The lowest BCUT2D eigenvalue weighted by Gasteiger charge is -2.11. The molecule has 0 aliphatic heterocycles. The van der Waals surface area contributed by atoms with E-state index in [4.69, 9.17) is 5.73 Å². The molecular weight excluding hydrogens is 159 g/mol. The molecule has 0 radical (unpaired) electrons. The van der Waals surface area contributed by atoms with E-state index >= 15 is 0 Å². The molecule has 12 heavy (non-hydrogen) atoms. The first-order valence-corrected chi connectivity index (χ1v) is 3.49. The SMILES string of the molecule is Cc1nc(N(C)C)nc(N)c1F. The molecule has 0 amide bonds. The van der Waals surface area contributed by atoms with Crippen LogP contribution in [0, 0.1) is 12.7 Å². The summed E-state index contributed by atoms with van der Waals surface area (Å²) in [6, 6.07) is 0. The molecule has 0 spiro atoms. The molecule has 0 fully saturated rings. The highest BCUT2D eigenvalue weighted by Crippen LogP contribution is 2.13. The van der Waals surface area contributed by atoms with Crippen molar-refractivity contribution in [2.75, 3.05) is 24.7 Å². The number of hydrogen-bond donors (Lipinski definition) is 1. The van der Waals surface area contributed by atoms with Crippen molar-refractivity contribution in [3.05, 3.63) is 11.5 Å². The van der Waals surface area contributed by atoms with Crippen molar-refractivity contribution in [3.63, 3.8) is 0 Å². The van der Waals surface area contributed by atoms with Gasteiger partial charge in [0, 0.05) is 14.1 Å². The van der Waals surface area contributed by atoms with Crippen molar-refractivity contribution >= 4 is 11.8 Å². The fourth-order valence-electron chi connectivity index (χ4n) is 0.766. The van der Waals surface area contributed by atoms with Crippen LogP contribution in [0.4, 0.5) is 16.2 Å². The molecule has 1 heterocycles. The van der Waals surface area contributed by atoms with Gasteiger partial charge in [-0.15, -0.1) is 0 Å². The molecule has 0 atom stereocenters. The Morgan fingerprint density at radius 3 is 2.33 bits per heavy atom. The quantitative estimate of drug-likeness (QED) is 0.669. The molecule has 2 N–H and O–H groups in total. The zero-order chi connectivity index (χ0) is 9.30. The summed E-state index contributed by atoms with van der Waals surface area (Å²) in [5.74, 6) is -0.224. The lowest BCUT2D eigenvalue weighted by molar-refractivity contribution is 0.607. The van der Waals surface area contributed by atoms with Crippen LogP contribution in [0.15, 0.2) is 0 Å². The van der Waals surface area contributed by atoms with E-state index in [1.165, 1.54) is 0 Å². The summed E-state index contributed by atoms with van der Waals surface area (Å²) in [7, 11) is 3.54. The van der Waals surface area contributed by atoms with Gasteiger partial charge in [-0.3, -0.25) is 0 Å². The maximum atomic E-state index is 12.9. The Labute approximate surface area is 70.2 Å². The van der Waals surface area contributed by atoms with Crippen molar-refractivity contribution < 1.29 is 4.39 Å². The van der Waals surface area contributed by atoms with E-state index in [1.54, 1.807) is 25.9 Å². The number of aryl methyl sites for hydroxylation is 1. The average Bonchev–Trinajstić information content (AvgIpc) is 1.99. The van der Waals surface area contributed by atoms with Crippen molar-refractivity contribution in [3.8, 4) is 0 Å². The molecule has 1 aromatic rings. The number of nitrogens with zero attached hydrogens (tertiary/aromatic N) is 3. The number of hydrogen-bond acceptors (Lipinski definition) is 4. The summed E-state index contributed by atoms with van der Waals surface area (Å²) < 4.78 is 12.9. The molecule has 0 bridgehead atoms. The second-order valence-electron chi connectivity index (χ2n) is 2.70. The topological polar surface area (TPSA) is 55.0 Å². The minimum atomic E-state index is -0.541. The Balaban J connectivity index is 3.21. The predicted molar refractivity (Wildman–Crippen MR) is 45.5 cm³/mol. The van der Waals surface area contributed by atoms with Gasteiger partial charge in [0.25, 0.3) is 0 Å². The Morgan fingerprint density at radius 2 is 1.92 bits per heavy atom. The monoisotopic (exact) mass is 170 g/mol. The normalized spacial score (nSPS) is 10.0. The number of nitrogens with two attached hydrogens (primary N) is 1. The van der Waals surface area contributed by atoms with Crippen LogP contribution in [-0.4, -0.2) is 24.1 Å². The summed E-state index contributed by atoms with van der Waals surface area (Å²) in [6.07, 6.45) is 0. The van der Waals surface area contributed by atoms with Crippen LogP contribution in [0.5, 0.6) is 0 Å². The Morgan fingerprint density at radius 1 is 1.33 bits per heavy atom. The average molecular weight is 170 g/mol. The number of aromatic nitrogens is 2. The van der Waals surface area contributed by atoms with Gasteiger partial charge in [-0.05, 0) is 6.92 Å². The highest BCUT2D eigenvalue weighted by Gasteiger charge is 2.08.